The van der Waals surface area contributed by atoms with Crippen molar-refractivity contribution in [3.05, 3.63) is 24.0 Å². The highest BCUT2D eigenvalue weighted by molar-refractivity contribution is 8.00. The van der Waals surface area contributed by atoms with Crippen molar-refractivity contribution in [3.8, 4) is 0 Å². The highest BCUT2D eigenvalue weighted by Gasteiger charge is 2.19. The second-order valence-corrected chi connectivity index (χ2v) is 5.46. The number of pyridine rings is 1. The monoisotopic (exact) mass is 252 g/mol. The minimum Gasteiger partial charge on any atom is -0.477 e. The van der Waals surface area contributed by atoms with Crippen molar-refractivity contribution in [3.63, 3.8) is 0 Å². The van der Waals surface area contributed by atoms with Gasteiger partial charge in [-0.25, -0.2) is 9.78 Å². The lowest BCUT2D eigenvalue weighted by molar-refractivity contribution is 0.0690. The van der Waals surface area contributed by atoms with E-state index in [1.165, 1.54) is 0 Å². The first kappa shape index (κ1) is 12.2. The summed E-state index contributed by atoms with van der Waals surface area (Å²) < 4.78 is 0. The van der Waals surface area contributed by atoms with Crippen molar-refractivity contribution in [1.29, 1.82) is 0 Å². The van der Waals surface area contributed by atoms with Gasteiger partial charge in [0, 0.05) is 36.0 Å². The Kier molecular flexibility index (Phi) is 3.89. The second kappa shape index (κ2) is 5.40. The van der Waals surface area contributed by atoms with Gasteiger partial charge >= 0.3 is 5.97 Å². The number of anilines is 1. The van der Waals surface area contributed by atoms with Crippen molar-refractivity contribution >= 4 is 23.4 Å². The number of hydrogen-bond acceptors (Lipinski definition) is 4. The molecule has 1 aromatic heterocycles. The van der Waals surface area contributed by atoms with Crippen LogP contribution in [0.15, 0.2) is 18.3 Å². The molecule has 0 aliphatic carbocycles. The Balaban J connectivity index is 2.16. The van der Waals surface area contributed by atoms with Gasteiger partial charge in [0.25, 0.3) is 0 Å². The largest absolute Gasteiger partial charge is 0.477 e. The third-order valence-corrected chi connectivity index (χ3v) is 4.29. The predicted molar refractivity (Wildman–Crippen MR) is 69.9 cm³/mol. The summed E-state index contributed by atoms with van der Waals surface area (Å²) in [6.45, 7) is 4.16. The smallest absolute Gasteiger partial charge is 0.354 e. The third-order valence-electron chi connectivity index (χ3n) is 2.92. The summed E-state index contributed by atoms with van der Waals surface area (Å²) in [5.41, 5.74) is 1.09. The first-order chi connectivity index (χ1) is 8.20. The van der Waals surface area contributed by atoms with Crippen molar-refractivity contribution < 1.29 is 9.90 Å². The molecule has 1 saturated heterocycles. The number of nitrogens with zero attached hydrogens (tertiary/aromatic N) is 2. The molecule has 4 nitrogen and oxygen atoms in total. The molecule has 17 heavy (non-hydrogen) atoms. The molecule has 2 heterocycles. The van der Waals surface area contributed by atoms with E-state index < -0.39 is 5.97 Å². The van der Waals surface area contributed by atoms with Gasteiger partial charge in [-0.3, -0.25) is 0 Å². The van der Waals surface area contributed by atoms with Crippen LogP contribution >= 0.6 is 11.8 Å². The van der Waals surface area contributed by atoms with Gasteiger partial charge in [-0.2, -0.15) is 11.8 Å². The van der Waals surface area contributed by atoms with E-state index in [9.17, 15) is 4.79 Å². The molecule has 0 spiro atoms. The molecule has 2 rings (SSSR count). The van der Waals surface area contributed by atoms with Crippen LogP contribution in [0, 0.1) is 0 Å². The first-order valence-corrected chi connectivity index (χ1v) is 6.81. The van der Waals surface area contributed by atoms with Crippen molar-refractivity contribution in [2.24, 2.45) is 0 Å². The van der Waals surface area contributed by atoms with Crippen LogP contribution in [0.25, 0.3) is 0 Å². The molecular weight excluding hydrogens is 236 g/mol. The van der Waals surface area contributed by atoms with Gasteiger partial charge in [0.15, 0.2) is 0 Å². The Morgan fingerprint density at radius 1 is 1.71 bits per heavy atom. The fourth-order valence-corrected chi connectivity index (χ4v) is 3.11. The van der Waals surface area contributed by atoms with Crippen molar-refractivity contribution in [1.82, 2.24) is 4.98 Å². The average Bonchev–Trinajstić information content (AvgIpc) is 2.39. The number of carboxylic acid groups (broad SMARTS) is 1. The lowest BCUT2D eigenvalue weighted by atomic mass is 10.2. The molecule has 0 bridgehead atoms. The van der Waals surface area contributed by atoms with E-state index in [2.05, 4.69) is 16.8 Å². The molecule has 1 fully saturated rings. The summed E-state index contributed by atoms with van der Waals surface area (Å²) in [4.78, 5) is 17.0. The van der Waals surface area contributed by atoms with Crippen LogP contribution in [-0.2, 0) is 0 Å². The van der Waals surface area contributed by atoms with Crippen molar-refractivity contribution in [2.75, 3.05) is 23.7 Å². The maximum Gasteiger partial charge on any atom is 0.354 e. The summed E-state index contributed by atoms with van der Waals surface area (Å²) in [5.74, 6) is 0.133. The topological polar surface area (TPSA) is 53.4 Å². The maximum atomic E-state index is 10.9. The molecular formula is C12H16N2O2S. The fraction of sp³-hybridized carbons (Fsp3) is 0.500. The highest BCUT2D eigenvalue weighted by atomic mass is 32.2. The van der Waals surface area contributed by atoms with Gasteiger partial charge in [-0.1, -0.05) is 6.92 Å². The summed E-state index contributed by atoms with van der Waals surface area (Å²) in [6, 6.07) is 3.54. The van der Waals surface area contributed by atoms with E-state index in [0.717, 1.165) is 31.0 Å². The van der Waals surface area contributed by atoms with Gasteiger partial charge in [0.05, 0.1) is 0 Å². The van der Waals surface area contributed by atoms with Crippen LogP contribution in [0.5, 0.6) is 0 Å². The van der Waals surface area contributed by atoms with E-state index in [4.69, 9.17) is 5.11 Å². The Bertz CT molecular complexity index is 411. The minimum atomic E-state index is -0.967. The molecule has 0 amide bonds. The highest BCUT2D eigenvalue weighted by Crippen LogP contribution is 2.25. The van der Waals surface area contributed by atoms with Crippen LogP contribution in [0.1, 0.15) is 23.8 Å². The lowest BCUT2D eigenvalue weighted by Crippen LogP contribution is -2.37. The zero-order chi connectivity index (χ0) is 12.3. The standard InChI is InChI=1S/C12H16N2O2S/c1-2-10-8-14(5-6-17-10)9-3-4-13-11(7-9)12(15)16/h3-4,7,10H,2,5-6,8H2,1H3,(H,15,16). The number of thioether (sulfide) groups is 1. The Hall–Kier alpha value is -1.23. The zero-order valence-electron chi connectivity index (χ0n) is 9.80. The molecule has 1 unspecified atom stereocenters. The van der Waals surface area contributed by atoms with E-state index >= 15 is 0 Å². The van der Waals surface area contributed by atoms with E-state index in [-0.39, 0.29) is 5.69 Å². The maximum absolute atomic E-state index is 10.9. The van der Waals surface area contributed by atoms with Gasteiger partial charge < -0.3 is 10.0 Å². The number of aromatic nitrogens is 1. The molecule has 1 aliphatic heterocycles. The molecule has 92 valence electrons. The summed E-state index contributed by atoms with van der Waals surface area (Å²) in [6.07, 6.45) is 2.72. The Labute approximate surface area is 105 Å². The number of aromatic carboxylic acids is 1. The van der Waals surface area contributed by atoms with E-state index in [1.807, 2.05) is 17.8 Å². The molecule has 0 radical (unpaired) electrons. The van der Waals surface area contributed by atoms with Crippen LogP contribution in [0.3, 0.4) is 0 Å². The Morgan fingerprint density at radius 3 is 3.24 bits per heavy atom. The molecule has 0 saturated carbocycles. The molecule has 1 aliphatic rings. The fourth-order valence-electron chi connectivity index (χ4n) is 1.93. The SMILES string of the molecule is CCC1CN(c2ccnc(C(=O)O)c2)CCS1. The van der Waals surface area contributed by atoms with Gasteiger partial charge in [-0.15, -0.1) is 0 Å². The lowest BCUT2D eigenvalue weighted by Gasteiger charge is -2.33. The molecule has 0 aromatic carbocycles. The number of rotatable bonds is 3. The predicted octanol–water partition coefficient (Wildman–Crippen LogP) is 2.11. The van der Waals surface area contributed by atoms with Crippen molar-refractivity contribution in [2.45, 2.75) is 18.6 Å². The molecule has 1 N–H and O–H groups in total. The quantitative estimate of drug-likeness (QED) is 0.893. The van der Waals surface area contributed by atoms with Gasteiger partial charge in [-0.05, 0) is 18.6 Å². The minimum absolute atomic E-state index is 0.119. The van der Waals surface area contributed by atoms with Crippen LogP contribution in [-0.4, -0.2) is 40.2 Å². The van der Waals surface area contributed by atoms with Crippen LogP contribution in [0.4, 0.5) is 5.69 Å². The summed E-state index contributed by atoms with van der Waals surface area (Å²) >= 11 is 2.00. The first-order valence-electron chi connectivity index (χ1n) is 5.76. The molecule has 1 aromatic rings. The molecule has 5 heteroatoms. The summed E-state index contributed by atoms with van der Waals surface area (Å²) in [5, 5.41) is 9.56. The summed E-state index contributed by atoms with van der Waals surface area (Å²) in [7, 11) is 0. The average molecular weight is 252 g/mol. The van der Waals surface area contributed by atoms with E-state index in [1.54, 1.807) is 12.3 Å². The second-order valence-electron chi connectivity index (χ2n) is 4.05. The number of carbonyl (C=O) groups is 1. The van der Waals surface area contributed by atoms with Crippen LogP contribution < -0.4 is 4.90 Å². The zero-order valence-corrected chi connectivity index (χ0v) is 10.6. The van der Waals surface area contributed by atoms with Gasteiger partial charge in [0.1, 0.15) is 5.69 Å². The third kappa shape index (κ3) is 2.91. The Morgan fingerprint density at radius 2 is 2.53 bits per heavy atom. The van der Waals surface area contributed by atoms with Crippen LogP contribution in [0.2, 0.25) is 0 Å². The van der Waals surface area contributed by atoms with Gasteiger partial charge in [0.2, 0.25) is 0 Å². The molecule has 1 atom stereocenters. The normalized spacial score (nSPS) is 20.3. The van der Waals surface area contributed by atoms with E-state index in [0.29, 0.717) is 5.25 Å². The number of hydrogen-bond donors (Lipinski definition) is 1. The number of carboxylic acids is 1.